The zero-order valence-corrected chi connectivity index (χ0v) is 17.0. The molecule has 2 aromatic carbocycles. The van der Waals surface area contributed by atoms with E-state index in [-0.39, 0.29) is 28.6 Å². The van der Waals surface area contributed by atoms with Gasteiger partial charge in [-0.1, -0.05) is 41.7 Å². The van der Waals surface area contributed by atoms with Crippen molar-refractivity contribution in [1.82, 2.24) is 0 Å². The van der Waals surface area contributed by atoms with Crippen LogP contribution in [0, 0.1) is 10.1 Å². The van der Waals surface area contributed by atoms with Crippen molar-refractivity contribution in [3.63, 3.8) is 0 Å². The van der Waals surface area contributed by atoms with Crippen LogP contribution in [-0.2, 0) is 4.79 Å². The van der Waals surface area contributed by atoms with Crippen molar-refractivity contribution in [3.05, 3.63) is 69.6 Å². The molecular formula is C19H14BrN3O4S. The molecule has 0 saturated heterocycles. The average Bonchev–Trinajstić information content (AvgIpc) is 3.22. The molecule has 1 aliphatic heterocycles. The standard InChI is InChI=1S/C19H13N3O4S.BrH/c1-26-17-8-3-2-5-13(17)10-15-18(23)20-19-21(15)16(11-27-19)12-6-4-7-14(9-12)22(24)25;/h2-11H,1H3;1H/b15-10-;. The number of nitrogens with one attached hydrogen (secondary N) is 1. The van der Waals surface area contributed by atoms with Gasteiger partial charge in [0.25, 0.3) is 5.69 Å². The van der Waals surface area contributed by atoms with Gasteiger partial charge >= 0.3 is 11.0 Å². The lowest BCUT2D eigenvalue weighted by Gasteiger charge is -2.04. The first-order valence-corrected chi connectivity index (χ1v) is 8.91. The Morgan fingerprint density at radius 2 is 2.00 bits per heavy atom. The summed E-state index contributed by atoms with van der Waals surface area (Å²) in [7, 11) is 1.57. The molecule has 28 heavy (non-hydrogen) atoms. The van der Waals surface area contributed by atoms with Crippen LogP contribution in [0.15, 0.2) is 53.9 Å². The number of rotatable bonds is 4. The monoisotopic (exact) mass is 459 g/mol. The van der Waals surface area contributed by atoms with E-state index in [0.717, 1.165) is 5.56 Å². The summed E-state index contributed by atoms with van der Waals surface area (Å²) in [5.74, 6) is 0.415. The Hall–Kier alpha value is -3.04. The Balaban J connectivity index is 0.00000225. The number of aromatic nitrogens is 1. The molecule has 4 rings (SSSR count). The van der Waals surface area contributed by atoms with E-state index in [1.54, 1.807) is 29.9 Å². The highest BCUT2D eigenvalue weighted by molar-refractivity contribution is 7.14. The van der Waals surface area contributed by atoms with Crippen molar-refractivity contribution in [2.24, 2.45) is 0 Å². The topological polar surface area (TPSA) is 85.3 Å². The van der Waals surface area contributed by atoms with E-state index in [1.165, 1.54) is 23.5 Å². The Morgan fingerprint density at radius 1 is 1.21 bits per heavy atom. The predicted molar refractivity (Wildman–Crippen MR) is 102 cm³/mol. The largest absolute Gasteiger partial charge is 1.00 e. The minimum absolute atomic E-state index is 0. The third kappa shape index (κ3) is 3.41. The van der Waals surface area contributed by atoms with Gasteiger partial charge in [0.05, 0.1) is 12.0 Å². The number of non-ortho nitro benzene ring substituents is 1. The molecule has 1 amide bonds. The summed E-state index contributed by atoms with van der Waals surface area (Å²) < 4.78 is 7.14. The lowest BCUT2D eigenvalue weighted by atomic mass is 10.1. The maximum absolute atomic E-state index is 12.5. The van der Waals surface area contributed by atoms with Crippen LogP contribution < -0.4 is 31.6 Å². The second-order valence-electron chi connectivity index (χ2n) is 5.79. The molecule has 0 radical (unpaired) electrons. The maximum atomic E-state index is 12.5. The first-order chi connectivity index (χ1) is 13.1. The quantitative estimate of drug-likeness (QED) is 0.267. The molecule has 0 unspecified atom stereocenters. The third-order valence-corrected chi connectivity index (χ3v) is 5.05. The Labute approximate surface area is 174 Å². The lowest BCUT2D eigenvalue weighted by molar-refractivity contribution is -0.539. The first-order valence-electron chi connectivity index (χ1n) is 8.03. The van der Waals surface area contributed by atoms with Crippen molar-refractivity contribution in [2.75, 3.05) is 12.4 Å². The Kier molecular flexibility index (Phi) is 5.57. The second-order valence-corrected chi connectivity index (χ2v) is 6.65. The molecule has 1 aliphatic rings. The van der Waals surface area contributed by atoms with Crippen LogP contribution in [0.5, 0.6) is 5.75 Å². The van der Waals surface area contributed by atoms with E-state index in [9.17, 15) is 14.9 Å². The summed E-state index contributed by atoms with van der Waals surface area (Å²) in [6.45, 7) is 0. The van der Waals surface area contributed by atoms with Crippen molar-refractivity contribution in [2.45, 2.75) is 0 Å². The number of para-hydroxylation sites is 1. The van der Waals surface area contributed by atoms with Crippen LogP contribution in [0.1, 0.15) is 5.56 Å². The first kappa shape index (κ1) is 19.7. The molecule has 7 nitrogen and oxygen atoms in total. The normalized spacial score (nSPS) is 13.6. The van der Waals surface area contributed by atoms with Crippen molar-refractivity contribution in [3.8, 4) is 17.0 Å². The molecule has 2 heterocycles. The maximum Gasteiger partial charge on any atom is 0.379 e. The lowest BCUT2D eigenvalue weighted by Crippen LogP contribution is -3.00. The number of carbonyl (C=O) groups is 1. The highest BCUT2D eigenvalue weighted by Gasteiger charge is 2.38. The van der Waals surface area contributed by atoms with Gasteiger partial charge in [0, 0.05) is 34.7 Å². The number of methoxy groups -OCH3 is 1. The van der Waals surface area contributed by atoms with E-state index in [2.05, 4.69) is 5.32 Å². The fourth-order valence-electron chi connectivity index (χ4n) is 2.95. The van der Waals surface area contributed by atoms with E-state index < -0.39 is 4.92 Å². The molecule has 0 saturated carbocycles. The third-order valence-electron chi connectivity index (χ3n) is 4.20. The highest BCUT2D eigenvalue weighted by atomic mass is 79.9. The number of amides is 1. The van der Waals surface area contributed by atoms with Crippen molar-refractivity contribution < 1.29 is 36.0 Å². The molecule has 3 aromatic rings. The van der Waals surface area contributed by atoms with Crippen LogP contribution >= 0.6 is 11.3 Å². The molecule has 0 spiro atoms. The number of ether oxygens (including phenoxy) is 1. The molecule has 1 aromatic heterocycles. The van der Waals surface area contributed by atoms with Gasteiger partial charge in [-0.25, -0.2) is 4.79 Å². The Bertz CT molecular complexity index is 1110. The van der Waals surface area contributed by atoms with Gasteiger partial charge in [0.2, 0.25) is 5.70 Å². The van der Waals surface area contributed by atoms with Crippen LogP contribution in [0.25, 0.3) is 23.0 Å². The number of nitrogens with zero attached hydrogens (tertiary/aromatic N) is 2. The molecule has 0 bridgehead atoms. The molecule has 142 valence electrons. The molecule has 1 N–H and O–H groups in total. The fraction of sp³-hybridized carbons (Fsp3) is 0.0526. The predicted octanol–water partition coefficient (Wildman–Crippen LogP) is 0.574. The summed E-state index contributed by atoms with van der Waals surface area (Å²) in [6, 6.07) is 13.7. The van der Waals surface area contributed by atoms with Gasteiger partial charge in [-0.15, -0.1) is 0 Å². The zero-order chi connectivity index (χ0) is 19.0. The average molecular weight is 460 g/mol. The number of benzene rings is 2. The number of carbonyl (C=O) groups excluding carboxylic acids is 1. The molecule has 9 heteroatoms. The summed E-state index contributed by atoms with van der Waals surface area (Å²) in [6.07, 6.45) is 1.75. The van der Waals surface area contributed by atoms with E-state index >= 15 is 0 Å². The van der Waals surface area contributed by atoms with Gasteiger partial charge in [-0.3, -0.25) is 10.1 Å². The minimum Gasteiger partial charge on any atom is -1.00 e. The number of nitro benzene ring substituents is 1. The van der Waals surface area contributed by atoms with Gasteiger partial charge in [0.15, 0.2) is 5.69 Å². The van der Waals surface area contributed by atoms with E-state index in [0.29, 0.717) is 27.8 Å². The zero-order valence-electron chi connectivity index (χ0n) is 14.6. The van der Waals surface area contributed by atoms with Crippen LogP contribution in [-0.4, -0.2) is 17.9 Å². The smallest absolute Gasteiger partial charge is 0.379 e. The van der Waals surface area contributed by atoms with E-state index in [4.69, 9.17) is 4.74 Å². The number of nitro groups is 1. The van der Waals surface area contributed by atoms with Gasteiger partial charge < -0.3 is 21.7 Å². The summed E-state index contributed by atoms with van der Waals surface area (Å²) in [5, 5.41) is 16.4. The SMILES string of the molecule is COc1ccccc1/C=C1/C(=O)Nc2scc(-c3cccc([N+](=O)[O-])c3)[n+]21.[Br-]. The molecule has 0 fully saturated rings. The molecule has 0 atom stereocenters. The van der Waals surface area contributed by atoms with Crippen molar-refractivity contribution >= 4 is 39.8 Å². The van der Waals surface area contributed by atoms with Crippen LogP contribution in [0.2, 0.25) is 0 Å². The van der Waals surface area contributed by atoms with Crippen LogP contribution in [0.4, 0.5) is 10.8 Å². The second kappa shape index (κ2) is 7.91. The summed E-state index contributed by atoms with van der Waals surface area (Å²) in [4.78, 5) is 23.2. The van der Waals surface area contributed by atoms with Gasteiger partial charge in [-0.05, 0) is 6.07 Å². The number of halogens is 1. The number of hydrogen-bond acceptors (Lipinski definition) is 5. The minimum atomic E-state index is -0.435. The molecule has 0 aliphatic carbocycles. The van der Waals surface area contributed by atoms with Crippen molar-refractivity contribution in [1.29, 1.82) is 0 Å². The number of anilines is 1. The fourth-order valence-corrected chi connectivity index (χ4v) is 3.87. The van der Waals surface area contributed by atoms with E-state index in [1.807, 2.05) is 29.6 Å². The molecular weight excluding hydrogens is 446 g/mol. The summed E-state index contributed by atoms with van der Waals surface area (Å²) >= 11 is 1.36. The Morgan fingerprint density at radius 3 is 2.75 bits per heavy atom. The number of thiazole rings is 1. The van der Waals surface area contributed by atoms with Crippen LogP contribution in [0.3, 0.4) is 0 Å². The van der Waals surface area contributed by atoms with Gasteiger partial charge in [0.1, 0.15) is 5.75 Å². The number of hydrogen-bond donors (Lipinski definition) is 1. The summed E-state index contributed by atoms with van der Waals surface area (Å²) in [5.41, 5.74) is 2.56. The number of fused-ring (bicyclic) bond motifs is 1. The van der Waals surface area contributed by atoms with Gasteiger partial charge in [-0.2, -0.15) is 9.88 Å². The highest BCUT2D eigenvalue weighted by Crippen LogP contribution is 2.32.